The SMILES string of the molecule is CCC(/C=C1\C(=O)Nc2ccc(C)cc21)=N/C(C)=C/C(=O)N(CCN(CC)CC)C(=O)Cl. The van der Waals surface area contributed by atoms with E-state index in [0.29, 0.717) is 29.9 Å². The fourth-order valence-electron chi connectivity index (χ4n) is 3.41. The van der Waals surface area contributed by atoms with Gasteiger partial charge in [-0.05, 0) is 63.2 Å². The molecule has 2 rings (SSSR count). The smallest absolute Gasteiger partial charge is 0.321 e. The molecule has 0 spiro atoms. The molecule has 0 unspecified atom stereocenters. The van der Waals surface area contributed by atoms with Crippen LogP contribution in [0, 0.1) is 6.92 Å². The summed E-state index contributed by atoms with van der Waals surface area (Å²) in [6, 6.07) is 5.78. The third-order valence-corrected chi connectivity index (χ3v) is 5.50. The molecule has 3 amide bonds. The number of imide groups is 1. The number of nitrogens with zero attached hydrogens (tertiary/aromatic N) is 3. The van der Waals surface area contributed by atoms with E-state index in [0.717, 1.165) is 34.8 Å². The first-order valence-electron chi connectivity index (χ1n) is 10.8. The molecule has 32 heavy (non-hydrogen) atoms. The second kappa shape index (κ2) is 11.7. The van der Waals surface area contributed by atoms with Gasteiger partial charge in [-0.2, -0.15) is 0 Å². The van der Waals surface area contributed by atoms with E-state index >= 15 is 0 Å². The summed E-state index contributed by atoms with van der Waals surface area (Å²) >= 11 is 5.64. The van der Waals surface area contributed by atoms with E-state index in [9.17, 15) is 14.4 Å². The van der Waals surface area contributed by atoms with Gasteiger partial charge in [0.1, 0.15) is 0 Å². The maximum absolute atomic E-state index is 12.6. The van der Waals surface area contributed by atoms with E-state index < -0.39 is 11.3 Å². The van der Waals surface area contributed by atoms with E-state index in [1.54, 1.807) is 13.0 Å². The van der Waals surface area contributed by atoms with Gasteiger partial charge in [0, 0.05) is 41.8 Å². The van der Waals surface area contributed by atoms with Crippen molar-refractivity contribution in [1.29, 1.82) is 0 Å². The molecule has 0 bridgehead atoms. The summed E-state index contributed by atoms with van der Waals surface area (Å²) in [5, 5.41) is 2.04. The Bertz CT molecular complexity index is 977. The zero-order chi connectivity index (χ0) is 23.8. The lowest BCUT2D eigenvalue weighted by Gasteiger charge is -2.22. The van der Waals surface area contributed by atoms with E-state index in [4.69, 9.17) is 11.6 Å². The molecule has 0 aliphatic carbocycles. The van der Waals surface area contributed by atoms with Gasteiger partial charge >= 0.3 is 5.37 Å². The number of benzene rings is 1. The molecule has 0 atom stereocenters. The number of hydrogen-bond donors (Lipinski definition) is 1. The van der Waals surface area contributed by atoms with Gasteiger partial charge in [-0.25, -0.2) is 0 Å². The van der Waals surface area contributed by atoms with Crippen molar-refractivity contribution in [2.45, 2.75) is 41.0 Å². The Morgan fingerprint density at radius 2 is 1.84 bits per heavy atom. The summed E-state index contributed by atoms with van der Waals surface area (Å²) < 4.78 is 0. The summed E-state index contributed by atoms with van der Waals surface area (Å²) in [4.78, 5) is 44.5. The van der Waals surface area contributed by atoms with Crippen molar-refractivity contribution in [3.63, 3.8) is 0 Å². The highest BCUT2D eigenvalue weighted by Gasteiger charge is 2.24. The number of carbonyl (C=O) groups excluding carboxylic acids is 3. The van der Waals surface area contributed by atoms with Crippen molar-refractivity contribution in [2.24, 2.45) is 4.99 Å². The molecule has 0 saturated carbocycles. The molecule has 8 heteroatoms. The third-order valence-electron chi connectivity index (χ3n) is 5.30. The van der Waals surface area contributed by atoms with Crippen molar-refractivity contribution in [3.05, 3.63) is 47.2 Å². The summed E-state index contributed by atoms with van der Waals surface area (Å²) in [6.45, 7) is 12.0. The van der Waals surface area contributed by atoms with Crippen molar-refractivity contribution < 1.29 is 14.4 Å². The number of amides is 3. The molecule has 0 radical (unpaired) electrons. The molecule has 1 aliphatic heterocycles. The first kappa shape index (κ1) is 25.5. The second-order valence-electron chi connectivity index (χ2n) is 7.57. The first-order chi connectivity index (χ1) is 15.2. The number of hydrogen-bond acceptors (Lipinski definition) is 5. The number of nitrogens with one attached hydrogen (secondary N) is 1. The van der Waals surface area contributed by atoms with Gasteiger partial charge in [0.25, 0.3) is 11.8 Å². The van der Waals surface area contributed by atoms with Gasteiger partial charge in [0.05, 0.1) is 5.57 Å². The zero-order valence-corrected chi connectivity index (χ0v) is 20.1. The predicted octanol–water partition coefficient (Wildman–Crippen LogP) is 4.61. The molecule has 7 nitrogen and oxygen atoms in total. The highest BCUT2D eigenvalue weighted by Crippen LogP contribution is 2.32. The predicted molar refractivity (Wildman–Crippen MR) is 130 cm³/mol. The van der Waals surface area contributed by atoms with Gasteiger partial charge in [-0.3, -0.25) is 24.3 Å². The average molecular weight is 459 g/mol. The normalized spacial score (nSPS) is 15.2. The summed E-state index contributed by atoms with van der Waals surface area (Å²) in [6.07, 6.45) is 3.61. The van der Waals surface area contributed by atoms with E-state index in [1.165, 1.54) is 6.08 Å². The molecular weight excluding hydrogens is 428 g/mol. The Kier molecular flexibility index (Phi) is 9.35. The van der Waals surface area contributed by atoms with Crippen LogP contribution in [0.2, 0.25) is 0 Å². The van der Waals surface area contributed by atoms with Crippen molar-refractivity contribution >= 4 is 45.8 Å². The molecule has 1 aliphatic rings. The monoisotopic (exact) mass is 458 g/mol. The van der Waals surface area contributed by atoms with Crippen LogP contribution in [0.3, 0.4) is 0 Å². The van der Waals surface area contributed by atoms with E-state index in [-0.39, 0.29) is 12.5 Å². The molecule has 0 saturated heterocycles. The lowest BCUT2D eigenvalue weighted by molar-refractivity contribution is -0.123. The highest BCUT2D eigenvalue weighted by atomic mass is 35.5. The summed E-state index contributed by atoms with van der Waals surface area (Å²) in [7, 11) is 0. The Balaban J connectivity index is 2.24. The largest absolute Gasteiger partial charge is 0.323 e. The van der Waals surface area contributed by atoms with Crippen LogP contribution in [0.15, 0.2) is 41.0 Å². The van der Waals surface area contributed by atoms with Crippen LogP contribution in [0.25, 0.3) is 5.57 Å². The van der Waals surface area contributed by atoms with Gasteiger partial charge in [0.15, 0.2) is 0 Å². The lowest BCUT2D eigenvalue weighted by Crippen LogP contribution is -2.39. The number of rotatable bonds is 9. The van der Waals surface area contributed by atoms with E-state index in [1.807, 2.05) is 45.9 Å². The quantitative estimate of drug-likeness (QED) is 0.253. The van der Waals surface area contributed by atoms with E-state index in [2.05, 4.69) is 15.2 Å². The third kappa shape index (κ3) is 6.61. The summed E-state index contributed by atoms with van der Waals surface area (Å²) in [5.41, 5.74) is 4.28. The van der Waals surface area contributed by atoms with Crippen LogP contribution in [-0.4, -0.2) is 58.9 Å². The van der Waals surface area contributed by atoms with Crippen LogP contribution in [-0.2, 0) is 9.59 Å². The molecule has 0 fully saturated rings. The van der Waals surface area contributed by atoms with Crippen LogP contribution >= 0.6 is 11.6 Å². The summed E-state index contributed by atoms with van der Waals surface area (Å²) in [5.74, 6) is -0.694. The minimum absolute atomic E-state index is 0.181. The number of anilines is 1. The fraction of sp³-hybridized carbons (Fsp3) is 0.417. The molecule has 1 heterocycles. The minimum Gasteiger partial charge on any atom is -0.321 e. The number of halogens is 1. The number of aliphatic imine (C=N–C) groups is 1. The second-order valence-corrected chi connectivity index (χ2v) is 7.90. The Labute approximate surface area is 194 Å². The topological polar surface area (TPSA) is 82.1 Å². The molecule has 0 aromatic heterocycles. The van der Waals surface area contributed by atoms with Crippen LogP contribution < -0.4 is 5.32 Å². The Morgan fingerprint density at radius 1 is 1.16 bits per heavy atom. The molecule has 1 N–H and O–H groups in total. The molecule has 1 aromatic rings. The molecule has 1 aromatic carbocycles. The number of fused-ring (bicyclic) bond motifs is 1. The van der Waals surface area contributed by atoms with Crippen molar-refractivity contribution in [2.75, 3.05) is 31.5 Å². The van der Waals surface area contributed by atoms with Crippen LogP contribution in [0.5, 0.6) is 0 Å². The van der Waals surface area contributed by atoms with Crippen LogP contribution in [0.4, 0.5) is 10.5 Å². The molecular formula is C24H31ClN4O3. The number of likely N-dealkylation sites (N-methyl/N-ethyl adjacent to an activating group) is 1. The van der Waals surface area contributed by atoms with Crippen molar-refractivity contribution in [3.8, 4) is 0 Å². The molecule has 172 valence electrons. The van der Waals surface area contributed by atoms with Crippen LogP contribution in [0.1, 0.15) is 45.2 Å². The standard InChI is InChI=1S/C24H31ClN4O3/c1-6-18(15-20-19-13-16(4)9-10-21(19)27-23(20)31)26-17(5)14-22(30)29(24(25)32)12-11-28(7-2)8-3/h9-10,13-15H,6-8,11-12H2,1-5H3,(H,27,31)/b17-14+,20-15-,26-18-. The maximum atomic E-state index is 12.6. The average Bonchev–Trinajstić information content (AvgIpc) is 3.04. The maximum Gasteiger partial charge on any atom is 0.323 e. The van der Waals surface area contributed by atoms with Gasteiger partial charge in [0.2, 0.25) is 0 Å². The van der Waals surface area contributed by atoms with Gasteiger partial charge in [-0.15, -0.1) is 0 Å². The first-order valence-corrected chi connectivity index (χ1v) is 11.2. The highest BCUT2D eigenvalue weighted by molar-refractivity contribution is 6.64. The minimum atomic E-state index is -0.817. The fourth-order valence-corrected chi connectivity index (χ4v) is 3.57. The Morgan fingerprint density at radius 3 is 2.44 bits per heavy atom. The van der Waals surface area contributed by atoms with Gasteiger partial charge < -0.3 is 10.2 Å². The number of carbonyl (C=O) groups is 3. The number of allylic oxidation sites excluding steroid dienone is 2. The lowest BCUT2D eigenvalue weighted by atomic mass is 10.0. The van der Waals surface area contributed by atoms with Crippen molar-refractivity contribution in [1.82, 2.24) is 9.80 Å². The zero-order valence-electron chi connectivity index (χ0n) is 19.4. The van der Waals surface area contributed by atoms with Gasteiger partial charge in [-0.1, -0.05) is 32.4 Å². The number of aryl methyl sites for hydroxylation is 1. The Hall–Kier alpha value is -2.77.